The van der Waals surface area contributed by atoms with Crippen molar-refractivity contribution < 1.29 is 30.7 Å². The van der Waals surface area contributed by atoms with E-state index in [1.54, 1.807) is 11.3 Å². The zero-order chi connectivity index (χ0) is 29.0. The van der Waals surface area contributed by atoms with Crippen LogP contribution in [-0.4, -0.2) is 48.6 Å². The lowest BCUT2D eigenvalue weighted by molar-refractivity contribution is -0.121. The van der Waals surface area contributed by atoms with Crippen LogP contribution in [0.1, 0.15) is 25.8 Å². The molecule has 2 bridgehead atoms. The Morgan fingerprint density at radius 3 is 2.50 bits per heavy atom. The van der Waals surface area contributed by atoms with Crippen LogP contribution in [0.3, 0.4) is 0 Å². The molecule has 3 aliphatic carbocycles. The number of hydrogen-bond acceptors (Lipinski definition) is 8. The summed E-state index contributed by atoms with van der Waals surface area (Å²) in [5, 5.41) is -0.570. The van der Waals surface area contributed by atoms with Crippen molar-refractivity contribution in [1.29, 1.82) is 0 Å². The quantitative estimate of drug-likeness (QED) is 0.247. The highest BCUT2D eigenvalue weighted by Crippen LogP contribution is 2.50. The predicted octanol–water partition coefficient (Wildman–Crippen LogP) is 3.21. The average Bonchev–Trinajstić information content (AvgIpc) is 2.86. The third-order valence-electron chi connectivity index (χ3n) is 7.58. The first-order valence-corrected chi connectivity index (χ1v) is 16.5. The smallest absolute Gasteiger partial charge is 0.294 e. The van der Waals surface area contributed by atoms with Crippen molar-refractivity contribution in [2.24, 2.45) is 34.4 Å². The molecule has 5 atom stereocenters. The highest BCUT2D eigenvalue weighted by molar-refractivity contribution is 7.90. The number of nitrogens with zero attached hydrogens (tertiary/aromatic N) is 2. The number of primary amides is 1. The molecule has 13 heteroatoms. The lowest BCUT2D eigenvalue weighted by atomic mass is 9.65. The van der Waals surface area contributed by atoms with Gasteiger partial charge in [0.15, 0.2) is 0 Å². The summed E-state index contributed by atoms with van der Waals surface area (Å²) in [6.45, 7) is 4.13. The van der Waals surface area contributed by atoms with E-state index in [-0.39, 0.29) is 28.8 Å². The van der Waals surface area contributed by atoms with E-state index >= 15 is 0 Å². The summed E-state index contributed by atoms with van der Waals surface area (Å²) >= 11 is 1.57. The van der Waals surface area contributed by atoms with Crippen molar-refractivity contribution in [3.63, 3.8) is 0 Å². The van der Waals surface area contributed by atoms with Gasteiger partial charge in [-0.15, -0.1) is 11.3 Å². The summed E-state index contributed by atoms with van der Waals surface area (Å²) in [6, 6.07) is 11.7. The van der Waals surface area contributed by atoms with E-state index in [2.05, 4.69) is 24.0 Å². The fourth-order valence-corrected chi connectivity index (χ4v) is 8.44. The maximum Gasteiger partial charge on any atom is 0.294 e. The Morgan fingerprint density at radius 1 is 1.12 bits per heavy atom. The van der Waals surface area contributed by atoms with Gasteiger partial charge in [-0.05, 0) is 66.3 Å². The Bertz CT molecular complexity index is 1830. The highest BCUT2D eigenvalue weighted by atomic mass is 32.2. The number of benzene rings is 2. The van der Waals surface area contributed by atoms with E-state index in [1.165, 1.54) is 6.08 Å². The van der Waals surface area contributed by atoms with Crippen molar-refractivity contribution >= 4 is 47.7 Å². The maximum absolute atomic E-state index is 11.8. The Morgan fingerprint density at radius 2 is 1.88 bits per heavy atom. The number of hydrogen-bond donors (Lipinski definition) is 3. The third-order valence-corrected chi connectivity index (χ3v) is 10.8. The normalized spacial score (nSPS) is 22.9. The zero-order valence-electron chi connectivity index (χ0n) is 21.8. The molecule has 1 aromatic rings. The van der Waals surface area contributed by atoms with Crippen molar-refractivity contribution in [2.75, 3.05) is 6.54 Å². The number of nitrogens with two attached hydrogens (primary N) is 1. The van der Waals surface area contributed by atoms with Crippen LogP contribution in [0.25, 0.3) is 20.8 Å². The molecule has 1 fully saturated rings. The van der Waals surface area contributed by atoms with Crippen LogP contribution in [0.5, 0.6) is 0 Å². The summed E-state index contributed by atoms with van der Waals surface area (Å²) in [7, 11) is -8.93. The predicted molar refractivity (Wildman–Crippen MR) is 153 cm³/mol. The van der Waals surface area contributed by atoms with Gasteiger partial charge in [-0.2, -0.15) is 16.8 Å². The molecule has 1 aliphatic heterocycles. The molecular formula is C27H29N3O7S3. The van der Waals surface area contributed by atoms with Gasteiger partial charge in [0.1, 0.15) is 5.25 Å². The standard InChI is InChI=1S/C27H29N3O7S3/c1-14(7-15(2)27(28)31)8-16-3-6-24-23(9-16)30-22-5-4-17(10-25(22)38-24)29-13-21-19-11-18(39(32,33)34)12-20(21)26(19)40(35,36)37/h3-6,9-12,14-15,19,21,26H,7-8,13H2,1-2H3,(H2,28,31)(H,32,33,34)(H,35,36,37). The van der Waals surface area contributed by atoms with Gasteiger partial charge < -0.3 is 5.73 Å². The second-order valence-corrected chi connectivity index (χ2v) is 14.7. The number of fused-ring (bicyclic) bond motifs is 4. The molecular weight excluding hydrogens is 575 g/mol. The SMILES string of the molecule is CC(Cc1ccc2sc3cc(=NCC4C5=CC(S(=O)(=O)O)=CC4C5S(=O)(=O)O)ccc-3nc2c1)CC(C)C(N)=O. The van der Waals surface area contributed by atoms with Crippen molar-refractivity contribution in [1.82, 2.24) is 4.98 Å². The number of amides is 1. The van der Waals surface area contributed by atoms with Gasteiger partial charge >= 0.3 is 0 Å². The number of carbonyl (C=O) groups excluding carboxylic acids is 1. The van der Waals surface area contributed by atoms with Crippen molar-refractivity contribution in [3.05, 3.63) is 69.9 Å². The molecule has 0 saturated heterocycles. The van der Waals surface area contributed by atoms with E-state index < -0.39 is 37.3 Å². The Labute approximate surface area is 236 Å². The Hall–Kier alpha value is -2.97. The number of rotatable bonds is 9. The monoisotopic (exact) mass is 603 g/mol. The molecule has 5 rings (SSSR count). The second kappa shape index (κ2) is 10.5. The molecule has 1 amide bonds. The zero-order valence-corrected chi connectivity index (χ0v) is 24.2. The minimum absolute atomic E-state index is 0.172. The van der Waals surface area contributed by atoms with Crippen LogP contribution >= 0.6 is 11.3 Å². The number of allylic oxidation sites excluding steroid dienone is 2. The Balaban J connectivity index is 1.36. The van der Waals surface area contributed by atoms with Crippen LogP contribution < -0.4 is 11.1 Å². The second-order valence-electron chi connectivity index (χ2n) is 10.7. The first-order valence-electron chi connectivity index (χ1n) is 12.7. The van der Waals surface area contributed by atoms with Crippen LogP contribution in [0.4, 0.5) is 0 Å². The van der Waals surface area contributed by atoms with Gasteiger partial charge in [-0.1, -0.05) is 26.0 Å². The third kappa shape index (κ3) is 5.75. The molecule has 40 heavy (non-hydrogen) atoms. The summed E-state index contributed by atoms with van der Waals surface area (Å²) in [4.78, 5) is 21.4. The molecule has 1 saturated carbocycles. The van der Waals surface area contributed by atoms with Gasteiger partial charge in [0.05, 0.1) is 31.1 Å². The van der Waals surface area contributed by atoms with Crippen molar-refractivity contribution in [2.45, 2.75) is 31.9 Å². The van der Waals surface area contributed by atoms with E-state index in [0.717, 1.165) is 45.3 Å². The lowest BCUT2D eigenvalue weighted by Crippen LogP contribution is -2.51. The lowest BCUT2D eigenvalue weighted by Gasteiger charge is -2.46. The molecule has 1 aromatic carbocycles. The fourth-order valence-electron chi connectivity index (χ4n) is 5.60. The molecule has 1 heterocycles. The summed E-state index contributed by atoms with van der Waals surface area (Å²) in [6.07, 6.45) is 3.82. The van der Waals surface area contributed by atoms with Crippen LogP contribution in [0.15, 0.2) is 64.0 Å². The fraction of sp³-hybridized carbons (Fsp3) is 0.370. The number of aromatic nitrogens is 1. The largest absolute Gasteiger partial charge is 0.369 e. The minimum atomic E-state index is -4.49. The number of carbonyl (C=O) groups is 1. The molecule has 0 aromatic heterocycles. The van der Waals surface area contributed by atoms with Crippen LogP contribution in [-0.2, 0) is 31.5 Å². The average molecular weight is 604 g/mol. The van der Waals surface area contributed by atoms with Gasteiger partial charge in [-0.3, -0.25) is 18.9 Å². The first kappa shape index (κ1) is 28.6. The molecule has 0 radical (unpaired) electrons. The summed E-state index contributed by atoms with van der Waals surface area (Å²) in [5.41, 5.74) is 8.44. The molecule has 4 aliphatic rings. The highest BCUT2D eigenvalue weighted by Gasteiger charge is 2.54. The van der Waals surface area contributed by atoms with Crippen LogP contribution in [0.2, 0.25) is 0 Å². The molecule has 212 valence electrons. The van der Waals surface area contributed by atoms with E-state index in [1.807, 2.05) is 31.2 Å². The molecule has 5 unspecified atom stereocenters. The topological polar surface area (TPSA) is 177 Å². The van der Waals surface area contributed by atoms with E-state index in [9.17, 15) is 30.7 Å². The molecule has 0 spiro atoms. The van der Waals surface area contributed by atoms with E-state index in [4.69, 9.17) is 10.7 Å². The minimum Gasteiger partial charge on any atom is -0.369 e. The van der Waals surface area contributed by atoms with Gasteiger partial charge in [0, 0.05) is 24.3 Å². The molecule has 4 N–H and O–H groups in total. The van der Waals surface area contributed by atoms with Gasteiger partial charge in [0.25, 0.3) is 20.2 Å². The maximum atomic E-state index is 11.8. The van der Waals surface area contributed by atoms with Crippen molar-refractivity contribution in [3.8, 4) is 10.6 Å². The Kier molecular flexibility index (Phi) is 7.46. The molecule has 10 nitrogen and oxygen atoms in total. The van der Waals surface area contributed by atoms with Crippen LogP contribution in [0, 0.1) is 23.7 Å². The van der Waals surface area contributed by atoms with Gasteiger partial charge in [0.2, 0.25) is 5.91 Å². The summed E-state index contributed by atoms with van der Waals surface area (Å²) in [5.74, 6) is -1.37. The first-order chi connectivity index (χ1) is 18.7. The van der Waals surface area contributed by atoms with E-state index in [0.29, 0.717) is 11.3 Å². The van der Waals surface area contributed by atoms with Gasteiger partial charge in [-0.25, -0.2) is 4.98 Å². The summed E-state index contributed by atoms with van der Waals surface area (Å²) < 4.78 is 66.6.